The molecule has 1 atom stereocenters. The molecule has 0 saturated heterocycles. The smallest absolute Gasteiger partial charge is 0.276 e. The number of methoxy groups -OCH3 is 1. The summed E-state index contributed by atoms with van der Waals surface area (Å²) in [5.41, 5.74) is 3.43. The molecule has 180 valence electrons. The molecule has 1 unspecified atom stereocenters. The number of carbonyl (C=O) groups excluding carboxylic acids is 1. The first-order valence-electron chi connectivity index (χ1n) is 10.5. The lowest BCUT2D eigenvalue weighted by molar-refractivity contribution is 0.0707. The van der Waals surface area contributed by atoms with Gasteiger partial charge < -0.3 is 14.5 Å². The van der Waals surface area contributed by atoms with Crippen molar-refractivity contribution in [3.8, 4) is 17.1 Å². The number of nitrogens with one attached hydrogen (secondary N) is 2. The van der Waals surface area contributed by atoms with E-state index in [-0.39, 0.29) is 16.1 Å². The summed E-state index contributed by atoms with van der Waals surface area (Å²) in [6, 6.07) is 16.0. The maximum absolute atomic E-state index is 13.8. The van der Waals surface area contributed by atoms with Crippen LogP contribution in [0.3, 0.4) is 0 Å². The van der Waals surface area contributed by atoms with E-state index in [9.17, 15) is 18.4 Å². The fourth-order valence-corrected chi connectivity index (χ4v) is 5.27. The van der Waals surface area contributed by atoms with Crippen molar-refractivity contribution < 1.29 is 27.6 Å². The third kappa shape index (κ3) is 4.88. The second kappa shape index (κ2) is 10.00. The highest BCUT2D eigenvalue weighted by Crippen LogP contribution is 2.35. The minimum Gasteiger partial charge on any atom is -0.497 e. The summed E-state index contributed by atoms with van der Waals surface area (Å²) in [7, 11) is -2.52. The number of furan rings is 1. The fourth-order valence-electron chi connectivity index (χ4n) is 3.71. The molecule has 2 heterocycles. The molecule has 0 radical (unpaired) electrons. The van der Waals surface area contributed by atoms with Crippen LogP contribution in [-0.4, -0.2) is 31.6 Å². The van der Waals surface area contributed by atoms with Gasteiger partial charge in [-0.05, 0) is 67.1 Å². The van der Waals surface area contributed by atoms with Crippen molar-refractivity contribution in [2.75, 3.05) is 12.4 Å². The van der Waals surface area contributed by atoms with Crippen molar-refractivity contribution in [1.29, 1.82) is 0 Å². The minimum atomic E-state index is -4.02. The highest BCUT2D eigenvalue weighted by molar-refractivity contribution is 7.91. The van der Waals surface area contributed by atoms with Crippen molar-refractivity contribution in [1.82, 2.24) is 10.5 Å². The first-order valence-corrected chi connectivity index (χ1v) is 12.1. The molecular formula is C25H23N3O6S. The molecule has 4 aromatic rings. The molecule has 4 rings (SSSR count). The summed E-state index contributed by atoms with van der Waals surface area (Å²) < 4.78 is 38.1. The molecule has 2 aromatic carbocycles. The van der Waals surface area contributed by atoms with Gasteiger partial charge in [0.2, 0.25) is 9.84 Å². The van der Waals surface area contributed by atoms with Gasteiger partial charge in [0.1, 0.15) is 11.5 Å². The fraction of sp³-hybridized carbons (Fsp3) is 0.120. The van der Waals surface area contributed by atoms with Crippen molar-refractivity contribution >= 4 is 21.4 Å². The zero-order valence-electron chi connectivity index (χ0n) is 18.9. The molecule has 0 bridgehead atoms. The predicted octanol–water partition coefficient (Wildman–Crippen LogP) is 4.36. The van der Waals surface area contributed by atoms with Gasteiger partial charge >= 0.3 is 0 Å². The maximum Gasteiger partial charge on any atom is 0.276 e. The maximum atomic E-state index is 13.8. The van der Waals surface area contributed by atoms with Crippen molar-refractivity contribution in [3.63, 3.8) is 0 Å². The number of hydrogen-bond donors (Lipinski definition) is 3. The third-order valence-electron chi connectivity index (χ3n) is 5.45. The van der Waals surface area contributed by atoms with E-state index < -0.39 is 21.1 Å². The Morgan fingerprint density at radius 1 is 1.11 bits per heavy atom. The molecule has 0 aliphatic rings. The molecule has 0 spiro atoms. The lowest BCUT2D eigenvalue weighted by atomic mass is 10.0. The second-order valence-corrected chi connectivity index (χ2v) is 9.70. The summed E-state index contributed by atoms with van der Waals surface area (Å²) in [5.74, 6) is 0.221. The number of aryl methyl sites for hydroxylation is 1. The Bertz CT molecular complexity index is 1420. The van der Waals surface area contributed by atoms with Crippen LogP contribution >= 0.6 is 0 Å². The lowest BCUT2D eigenvalue weighted by Gasteiger charge is -2.24. The number of aromatic nitrogens is 1. The van der Waals surface area contributed by atoms with E-state index in [4.69, 9.17) is 9.15 Å². The van der Waals surface area contributed by atoms with Crippen molar-refractivity contribution in [2.45, 2.75) is 17.2 Å². The predicted molar refractivity (Wildman–Crippen MR) is 129 cm³/mol. The minimum absolute atomic E-state index is 0.0396. The molecule has 35 heavy (non-hydrogen) atoms. The normalized spacial score (nSPS) is 12.1. The number of anilines is 1. The quantitative estimate of drug-likeness (QED) is 0.244. The molecule has 1 amide bonds. The van der Waals surface area contributed by atoms with Crippen LogP contribution in [0.4, 0.5) is 5.69 Å². The average molecular weight is 494 g/mol. The molecule has 9 nitrogen and oxygen atoms in total. The highest BCUT2D eigenvalue weighted by Gasteiger charge is 2.31. The van der Waals surface area contributed by atoms with E-state index in [1.54, 1.807) is 54.9 Å². The second-order valence-electron chi connectivity index (χ2n) is 7.67. The van der Waals surface area contributed by atoms with Gasteiger partial charge in [-0.1, -0.05) is 6.07 Å². The van der Waals surface area contributed by atoms with Crippen LogP contribution < -0.4 is 15.5 Å². The number of pyridine rings is 1. The molecule has 0 saturated carbocycles. The molecule has 2 aromatic heterocycles. The zero-order chi connectivity index (χ0) is 25.0. The van der Waals surface area contributed by atoms with Gasteiger partial charge in [-0.25, -0.2) is 13.9 Å². The standard InChI is InChI=1S/C25H23N3O6S/c1-16-13-18(22-6-4-12-34-22)14-21(24(29)28-30)23(16)27-25(17-5-3-11-26-15-17)35(31,32)20-9-7-19(33-2)8-10-20/h3-15,25,27,30H,1-2H3,(H,28,29). The van der Waals surface area contributed by atoms with E-state index in [1.807, 2.05) is 0 Å². The summed E-state index contributed by atoms with van der Waals surface area (Å²) >= 11 is 0. The Labute approximate surface area is 202 Å². The van der Waals surface area contributed by atoms with Crippen LogP contribution in [0.2, 0.25) is 0 Å². The number of hydrogen-bond acceptors (Lipinski definition) is 8. The van der Waals surface area contributed by atoms with Crippen LogP contribution in [0.15, 0.2) is 88.6 Å². The molecule has 3 N–H and O–H groups in total. The Balaban J connectivity index is 1.85. The number of amides is 1. The van der Waals surface area contributed by atoms with E-state index >= 15 is 0 Å². The van der Waals surface area contributed by atoms with E-state index in [0.29, 0.717) is 28.2 Å². The van der Waals surface area contributed by atoms with Gasteiger partial charge in [0, 0.05) is 23.5 Å². The Kier molecular flexibility index (Phi) is 6.85. The number of hydroxylamine groups is 1. The van der Waals surface area contributed by atoms with Crippen LogP contribution in [0.25, 0.3) is 11.3 Å². The van der Waals surface area contributed by atoms with Crippen LogP contribution in [0.5, 0.6) is 5.75 Å². The molecule has 0 aliphatic heterocycles. The number of ether oxygens (including phenoxy) is 1. The van der Waals surface area contributed by atoms with Gasteiger partial charge in [0.15, 0.2) is 5.37 Å². The third-order valence-corrected chi connectivity index (χ3v) is 7.39. The van der Waals surface area contributed by atoms with E-state index in [1.165, 1.54) is 44.0 Å². The topological polar surface area (TPSA) is 131 Å². The monoisotopic (exact) mass is 493 g/mol. The molecule has 10 heteroatoms. The van der Waals surface area contributed by atoms with Crippen LogP contribution in [-0.2, 0) is 9.84 Å². The number of benzene rings is 2. The number of rotatable bonds is 8. The molecule has 0 fully saturated rings. The van der Waals surface area contributed by atoms with Gasteiger partial charge in [0.05, 0.1) is 29.5 Å². The average Bonchev–Trinajstić information content (AvgIpc) is 3.42. The van der Waals surface area contributed by atoms with Crippen molar-refractivity contribution in [3.05, 3.63) is 96.0 Å². The number of sulfone groups is 1. The SMILES string of the molecule is COc1ccc(S(=O)(=O)C(Nc2c(C)cc(-c3ccco3)cc2C(=O)NO)c2cccnc2)cc1. The van der Waals surface area contributed by atoms with Crippen LogP contribution in [0.1, 0.15) is 26.9 Å². The largest absolute Gasteiger partial charge is 0.497 e. The highest BCUT2D eigenvalue weighted by atomic mass is 32.2. The van der Waals surface area contributed by atoms with Gasteiger partial charge in [-0.3, -0.25) is 15.0 Å². The van der Waals surface area contributed by atoms with Crippen LogP contribution in [0, 0.1) is 6.92 Å². The Morgan fingerprint density at radius 3 is 2.49 bits per heavy atom. The van der Waals surface area contributed by atoms with E-state index in [0.717, 1.165) is 0 Å². The van der Waals surface area contributed by atoms with Gasteiger partial charge in [-0.2, -0.15) is 0 Å². The summed E-state index contributed by atoms with van der Waals surface area (Å²) in [6.07, 6.45) is 4.48. The molecular weight excluding hydrogens is 470 g/mol. The van der Waals surface area contributed by atoms with Gasteiger partial charge in [0.25, 0.3) is 5.91 Å². The first kappa shape index (κ1) is 24.0. The first-order chi connectivity index (χ1) is 16.8. The summed E-state index contributed by atoms with van der Waals surface area (Å²) in [5, 5.41) is 11.1. The number of nitrogens with zero attached hydrogens (tertiary/aromatic N) is 1. The zero-order valence-corrected chi connectivity index (χ0v) is 19.7. The summed E-state index contributed by atoms with van der Waals surface area (Å²) in [4.78, 5) is 16.7. The van der Waals surface area contributed by atoms with Crippen molar-refractivity contribution in [2.24, 2.45) is 0 Å². The summed E-state index contributed by atoms with van der Waals surface area (Å²) in [6.45, 7) is 1.73. The Morgan fingerprint density at radius 2 is 1.89 bits per heavy atom. The molecule has 0 aliphatic carbocycles. The van der Waals surface area contributed by atoms with Gasteiger partial charge in [-0.15, -0.1) is 0 Å². The Hall–Kier alpha value is -4.15. The number of carbonyl (C=O) groups is 1. The van der Waals surface area contributed by atoms with E-state index in [2.05, 4.69) is 10.3 Å². The lowest BCUT2D eigenvalue weighted by Crippen LogP contribution is -2.26.